The highest BCUT2D eigenvalue weighted by Gasteiger charge is 2.21. The fourth-order valence-corrected chi connectivity index (χ4v) is 3.10. The molecule has 3 rings (SSSR count). The predicted molar refractivity (Wildman–Crippen MR) is 94.4 cm³/mol. The van der Waals surface area contributed by atoms with E-state index in [4.69, 9.17) is 0 Å². The van der Waals surface area contributed by atoms with Crippen LogP contribution in [0.2, 0.25) is 0 Å². The number of carbonyl (C=O) groups excluding carboxylic acids is 1. The van der Waals surface area contributed by atoms with Gasteiger partial charge in [0.15, 0.2) is 5.16 Å². The number of amides is 1. The second kappa shape index (κ2) is 6.92. The van der Waals surface area contributed by atoms with Crippen molar-refractivity contribution in [3.05, 3.63) is 60.2 Å². The number of para-hydroxylation sites is 1. The number of imidazole rings is 1. The van der Waals surface area contributed by atoms with Crippen LogP contribution in [0, 0.1) is 0 Å². The summed E-state index contributed by atoms with van der Waals surface area (Å²) in [5.74, 6) is -0.0736. The Bertz CT molecular complexity index is 840. The maximum absolute atomic E-state index is 12.9. The number of benzene rings is 1. The molecule has 0 bridgehead atoms. The molecule has 0 atom stereocenters. The summed E-state index contributed by atoms with van der Waals surface area (Å²) in [5, 5.41) is 4.93. The predicted octanol–water partition coefficient (Wildman–Crippen LogP) is 2.60. The van der Waals surface area contributed by atoms with Crippen molar-refractivity contribution in [2.45, 2.75) is 11.7 Å². The lowest BCUT2D eigenvalue weighted by molar-refractivity contribution is 0.0776. The van der Waals surface area contributed by atoms with Crippen molar-refractivity contribution < 1.29 is 4.79 Å². The number of hydrogen-bond donors (Lipinski definition) is 0. The van der Waals surface area contributed by atoms with Crippen LogP contribution in [0.15, 0.2) is 54.1 Å². The Kier molecular flexibility index (Phi) is 4.71. The fourth-order valence-electron chi connectivity index (χ4n) is 2.55. The van der Waals surface area contributed by atoms with Crippen molar-refractivity contribution in [3.63, 3.8) is 0 Å². The van der Waals surface area contributed by atoms with E-state index in [1.165, 1.54) is 11.8 Å². The zero-order valence-corrected chi connectivity index (χ0v) is 14.7. The van der Waals surface area contributed by atoms with Crippen molar-refractivity contribution in [1.82, 2.24) is 24.2 Å². The van der Waals surface area contributed by atoms with Crippen LogP contribution in [0.25, 0.3) is 5.69 Å². The summed E-state index contributed by atoms with van der Waals surface area (Å²) in [6, 6.07) is 9.80. The lowest BCUT2D eigenvalue weighted by Crippen LogP contribution is -2.28. The molecule has 0 saturated heterocycles. The van der Waals surface area contributed by atoms with Crippen LogP contribution in [0.4, 0.5) is 0 Å². The Morgan fingerprint density at radius 2 is 2.00 bits per heavy atom. The van der Waals surface area contributed by atoms with Gasteiger partial charge in [0.1, 0.15) is 5.69 Å². The largest absolute Gasteiger partial charge is 0.336 e. The van der Waals surface area contributed by atoms with Gasteiger partial charge in [-0.3, -0.25) is 14.0 Å². The van der Waals surface area contributed by atoms with Crippen LogP contribution in [0.3, 0.4) is 0 Å². The number of hydrogen-bond acceptors (Lipinski definition) is 4. The fraction of sp³-hybridized carbons (Fsp3) is 0.235. The Morgan fingerprint density at radius 3 is 2.62 bits per heavy atom. The molecule has 2 aromatic heterocycles. The third kappa shape index (κ3) is 3.21. The van der Waals surface area contributed by atoms with E-state index in [9.17, 15) is 4.79 Å². The number of aromatic nitrogens is 4. The van der Waals surface area contributed by atoms with Gasteiger partial charge in [0.2, 0.25) is 0 Å². The molecule has 1 amide bonds. The van der Waals surface area contributed by atoms with Gasteiger partial charge in [-0.05, 0) is 18.4 Å². The highest BCUT2D eigenvalue weighted by Crippen LogP contribution is 2.22. The molecule has 0 unspecified atom stereocenters. The second-order valence-corrected chi connectivity index (χ2v) is 6.26. The van der Waals surface area contributed by atoms with Crippen molar-refractivity contribution in [1.29, 1.82) is 0 Å². The van der Waals surface area contributed by atoms with Crippen LogP contribution in [0.1, 0.15) is 16.1 Å². The van der Waals surface area contributed by atoms with Crippen LogP contribution >= 0.6 is 11.8 Å². The molecule has 0 aliphatic rings. The highest BCUT2D eigenvalue weighted by molar-refractivity contribution is 7.98. The Morgan fingerprint density at radius 1 is 1.25 bits per heavy atom. The van der Waals surface area contributed by atoms with Crippen molar-refractivity contribution in [2.24, 2.45) is 7.05 Å². The van der Waals surface area contributed by atoms with Crippen molar-refractivity contribution >= 4 is 17.7 Å². The van der Waals surface area contributed by atoms with E-state index in [-0.39, 0.29) is 5.91 Å². The molecule has 1 aromatic carbocycles. The van der Waals surface area contributed by atoms with E-state index < -0.39 is 0 Å². The first-order valence-electron chi connectivity index (χ1n) is 7.50. The third-order valence-electron chi connectivity index (χ3n) is 3.67. The quantitative estimate of drug-likeness (QED) is 0.670. The lowest BCUT2D eigenvalue weighted by Gasteiger charge is -2.18. The van der Waals surface area contributed by atoms with Gasteiger partial charge in [-0.25, -0.2) is 4.98 Å². The van der Waals surface area contributed by atoms with Crippen LogP contribution < -0.4 is 0 Å². The molecule has 0 spiro atoms. The van der Waals surface area contributed by atoms with Gasteiger partial charge in [-0.1, -0.05) is 30.0 Å². The molecule has 2 heterocycles. The summed E-state index contributed by atoms with van der Waals surface area (Å²) < 4.78 is 3.63. The Hall–Kier alpha value is -2.54. The second-order valence-electron chi connectivity index (χ2n) is 5.48. The maximum atomic E-state index is 12.9. The van der Waals surface area contributed by atoms with Gasteiger partial charge in [0, 0.05) is 38.1 Å². The Balaban J connectivity index is 1.91. The summed E-state index contributed by atoms with van der Waals surface area (Å²) in [6.45, 7) is 0.501. The molecule has 0 saturated carbocycles. The summed E-state index contributed by atoms with van der Waals surface area (Å²) >= 11 is 1.52. The number of carbonyl (C=O) groups is 1. The molecule has 0 N–H and O–H groups in total. The first-order chi connectivity index (χ1) is 11.6. The van der Waals surface area contributed by atoms with Gasteiger partial charge in [-0.15, -0.1) is 0 Å². The van der Waals surface area contributed by atoms with Crippen LogP contribution in [0.5, 0.6) is 0 Å². The van der Waals surface area contributed by atoms with Crippen molar-refractivity contribution in [2.75, 3.05) is 13.3 Å². The average Bonchev–Trinajstić information content (AvgIpc) is 3.20. The molecule has 6 nitrogen and oxygen atoms in total. The summed E-state index contributed by atoms with van der Waals surface area (Å²) in [4.78, 5) is 19.0. The van der Waals surface area contributed by atoms with Gasteiger partial charge >= 0.3 is 0 Å². The molecule has 3 aromatic rings. The summed E-state index contributed by atoms with van der Waals surface area (Å²) in [6.07, 6.45) is 7.27. The standard InChI is InChI=1S/C17H19N5OS/c1-20(11-13-9-19-21(2)12-13)16(23)15-10-18-17(24-3)22(15)14-7-5-4-6-8-14/h4-10,12H,11H2,1-3H3. The van der Waals surface area contributed by atoms with E-state index >= 15 is 0 Å². The third-order valence-corrected chi connectivity index (χ3v) is 4.32. The van der Waals surface area contributed by atoms with E-state index in [1.54, 1.807) is 29.0 Å². The zero-order chi connectivity index (χ0) is 17.1. The molecule has 0 aliphatic heterocycles. The van der Waals surface area contributed by atoms with E-state index in [0.717, 1.165) is 16.4 Å². The normalized spacial score (nSPS) is 10.8. The minimum Gasteiger partial charge on any atom is -0.336 e. The first kappa shape index (κ1) is 16.3. The monoisotopic (exact) mass is 341 g/mol. The zero-order valence-electron chi connectivity index (χ0n) is 13.9. The molecule has 24 heavy (non-hydrogen) atoms. The molecule has 7 heteroatoms. The summed E-state index contributed by atoms with van der Waals surface area (Å²) in [5.41, 5.74) is 2.47. The lowest BCUT2D eigenvalue weighted by atomic mass is 10.3. The smallest absolute Gasteiger partial charge is 0.272 e. The van der Waals surface area contributed by atoms with E-state index in [1.807, 2.05) is 54.4 Å². The molecule has 124 valence electrons. The van der Waals surface area contributed by atoms with Gasteiger partial charge in [-0.2, -0.15) is 5.10 Å². The Labute approximate surface area is 145 Å². The first-order valence-corrected chi connectivity index (χ1v) is 8.72. The number of rotatable bonds is 5. The maximum Gasteiger partial charge on any atom is 0.272 e. The number of nitrogens with zero attached hydrogens (tertiary/aromatic N) is 5. The van der Waals surface area contributed by atoms with Gasteiger partial charge < -0.3 is 4.90 Å². The van der Waals surface area contributed by atoms with Crippen molar-refractivity contribution in [3.8, 4) is 5.69 Å². The molecule has 0 fully saturated rings. The van der Waals surface area contributed by atoms with E-state index in [2.05, 4.69) is 10.1 Å². The average molecular weight is 341 g/mol. The minimum absolute atomic E-state index is 0.0736. The van der Waals surface area contributed by atoms with Gasteiger partial charge in [0.25, 0.3) is 5.91 Å². The minimum atomic E-state index is -0.0736. The topological polar surface area (TPSA) is 56.0 Å². The van der Waals surface area contributed by atoms with Crippen LogP contribution in [-0.2, 0) is 13.6 Å². The SMILES string of the molecule is CSc1ncc(C(=O)N(C)Cc2cnn(C)c2)n1-c1ccccc1. The molecule has 0 radical (unpaired) electrons. The summed E-state index contributed by atoms with van der Waals surface area (Å²) in [7, 11) is 3.65. The molecule has 0 aliphatic carbocycles. The highest BCUT2D eigenvalue weighted by atomic mass is 32.2. The van der Waals surface area contributed by atoms with E-state index in [0.29, 0.717) is 12.2 Å². The molecular weight excluding hydrogens is 322 g/mol. The van der Waals surface area contributed by atoms with Gasteiger partial charge in [0.05, 0.1) is 12.4 Å². The van der Waals surface area contributed by atoms with Crippen LogP contribution in [-0.4, -0.2) is 43.4 Å². The molecular formula is C17H19N5OS. The number of aryl methyl sites for hydroxylation is 1. The number of thioether (sulfide) groups is 1.